The number of carbonyl (C=O) groups excluding carboxylic acids is 1. The third kappa shape index (κ3) is 2.53. The van der Waals surface area contributed by atoms with Crippen LogP contribution in [0, 0.1) is 0 Å². The van der Waals surface area contributed by atoms with E-state index in [1.54, 1.807) is 19.2 Å². The van der Waals surface area contributed by atoms with Crippen molar-refractivity contribution in [3.8, 4) is 5.75 Å². The molecule has 0 aliphatic heterocycles. The summed E-state index contributed by atoms with van der Waals surface area (Å²) in [6.45, 7) is 0. The van der Waals surface area contributed by atoms with Crippen molar-refractivity contribution in [3.05, 3.63) is 36.1 Å². The summed E-state index contributed by atoms with van der Waals surface area (Å²) in [4.78, 5) is 11.5. The number of para-hydroxylation sites is 1. The van der Waals surface area contributed by atoms with Gasteiger partial charge in [0.25, 0.3) is 0 Å². The molecule has 0 saturated heterocycles. The lowest BCUT2D eigenvalue weighted by atomic mass is 10.1. The molecule has 0 radical (unpaired) electrons. The maximum atomic E-state index is 11.5. The van der Waals surface area contributed by atoms with Crippen LogP contribution in [0.25, 0.3) is 5.57 Å². The van der Waals surface area contributed by atoms with Gasteiger partial charge in [0.05, 0.1) is 27.6 Å². The Balaban J connectivity index is 3.21. The molecule has 0 aliphatic carbocycles. The third-order valence-corrected chi connectivity index (χ3v) is 2.04. The minimum Gasteiger partial charge on any atom is -0.503 e. The van der Waals surface area contributed by atoms with E-state index in [9.17, 15) is 4.79 Å². The minimum atomic E-state index is -0.466. The van der Waals surface area contributed by atoms with Crippen LogP contribution in [0.5, 0.6) is 5.75 Å². The van der Waals surface area contributed by atoms with E-state index in [4.69, 9.17) is 9.47 Å². The first-order chi connectivity index (χ1) is 7.74. The van der Waals surface area contributed by atoms with Crippen molar-refractivity contribution < 1.29 is 19.0 Å². The van der Waals surface area contributed by atoms with Crippen LogP contribution in [0.4, 0.5) is 0 Å². The van der Waals surface area contributed by atoms with Gasteiger partial charge in [0.15, 0.2) is 0 Å². The van der Waals surface area contributed by atoms with Gasteiger partial charge >= 0.3 is 5.97 Å². The molecule has 0 unspecified atom stereocenters. The lowest BCUT2D eigenvalue weighted by Crippen LogP contribution is -2.05. The predicted molar refractivity (Wildman–Crippen MR) is 60.0 cm³/mol. The minimum absolute atomic E-state index is 0.322. The van der Waals surface area contributed by atoms with E-state index in [0.717, 1.165) is 0 Å². The van der Waals surface area contributed by atoms with Gasteiger partial charge in [-0.25, -0.2) is 4.79 Å². The smallest absolute Gasteiger partial charge is 0.341 e. The van der Waals surface area contributed by atoms with Crippen molar-refractivity contribution in [1.29, 1.82) is 0 Å². The van der Waals surface area contributed by atoms with Crippen molar-refractivity contribution in [2.75, 3.05) is 21.3 Å². The fraction of sp³-hybridized carbons (Fsp3) is 0.250. The maximum absolute atomic E-state index is 11.5. The molecule has 0 aliphatic rings. The SMILES string of the molecule is CO/C=C(\C(=O)OC)c1ccccc1OC. The summed E-state index contributed by atoms with van der Waals surface area (Å²) >= 11 is 0. The summed E-state index contributed by atoms with van der Waals surface area (Å²) in [6.07, 6.45) is 1.34. The number of benzene rings is 1. The zero-order chi connectivity index (χ0) is 12.0. The van der Waals surface area contributed by atoms with Crippen molar-refractivity contribution in [1.82, 2.24) is 0 Å². The summed E-state index contributed by atoms with van der Waals surface area (Å²) in [6, 6.07) is 7.16. The monoisotopic (exact) mass is 222 g/mol. The molecule has 0 fully saturated rings. The quantitative estimate of drug-likeness (QED) is 0.443. The number of methoxy groups -OCH3 is 3. The molecule has 1 aromatic rings. The third-order valence-electron chi connectivity index (χ3n) is 2.04. The van der Waals surface area contributed by atoms with Crippen LogP contribution in [0.3, 0.4) is 0 Å². The summed E-state index contributed by atoms with van der Waals surface area (Å²) in [5.74, 6) is 0.127. The molecular weight excluding hydrogens is 208 g/mol. The Hall–Kier alpha value is -1.97. The van der Waals surface area contributed by atoms with Crippen LogP contribution in [0.2, 0.25) is 0 Å². The standard InChI is InChI=1S/C12H14O4/c1-14-8-10(12(13)16-3)9-6-4-5-7-11(9)15-2/h4-8H,1-3H3/b10-8-. The Bertz CT molecular complexity index is 396. The highest BCUT2D eigenvalue weighted by atomic mass is 16.5. The number of hydrogen-bond donors (Lipinski definition) is 0. The van der Waals surface area contributed by atoms with Crippen LogP contribution >= 0.6 is 0 Å². The average Bonchev–Trinajstić information content (AvgIpc) is 2.35. The van der Waals surface area contributed by atoms with Gasteiger partial charge in [-0.15, -0.1) is 0 Å². The van der Waals surface area contributed by atoms with Crippen molar-refractivity contribution in [2.45, 2.75) is 0 Å². The molecule has 0 atom stereocenters. The summed E-state index contributed by atoms with van der Waals surface area (Å²) < 4.78 is 14.7. The molecule has 1 rings (SSSR count). The number of hydrogen-bond acceptors (Lipinski definition) is 4. The molecule has 0 saturated carbocycles. The second-order valence-corrected chi connectivity index (χ2v) is 2.96. The first kappa shape index (κ1) is 12.1. The lowest BCUT2D eigenvalue weighted by molar-refractivity contribution is -0.133. The highest BCUT2D eigenvalue weighted by Crippen LogP contribution is 2.26. The van der Waals surface area contributed by atoms with Crippen LogP contribution < -0.4 is 4.74 Å². The van der Waals surface area contributed by atoms with Gasteiger partial charge < -0.3 is 14.2 Å². The van der Waals surface area contributed by atoms with Gasteiger partial charge in [-0.1, -0.05) is 18.2 Å². The van der Waals surface area contributed by atoms with Crippen molar-refractivity contribution >= 4 is 11.5 Å². The molecule has 1 aromatic carbocycles. The molecule has 0 bridgehead atoms. The molecule has 16 heavy (non-hydrogen) atoms. The lowest BCUT2D eigenvalue weighted by Gasteiger charge is -2.09. The number of esters is 1. The molecular formula is C12H14O4. The molecule has 0 aromatic heterocycles. The van der Waals surface area contributed by atoms with Gasteiger partial charge in [-0.05, 0) is 6.07 Å². The molecule has 4 heteroatoms. The van der Waals surface area contributed by atoms with Crippen LogP contribution in [-0.4, -0.2) is 27.3 Å². The van der Waals surface area contributed by atoms with E-state index in [-0.39, 0.29) is 0 Å². The Morgan fingerprint density at radius 1 is 1.19 bits per heavy atom. The molecule has 0 spiro atoms. The first-order valence-electron chi connectivity index (χ1n) is 4.69. The van der Waals surface area contributed by atoms with Crippen LogP contribution in [-0.2, 0) is 14.3 Å². The van der Waals surface area contributed by atoms with Gasteiger partial charge in [0.1, 0.15) is 11.3 Å². The highest BCUT2D eigenvalue weighted by Gasteiger charge is 2.16. The van der Waals surface area contributed by atoms with Crippen LogP contribution in [0.15, 0.2) is 30.5 Å². The second-order valence-electron chi connectivity index (χ2n) is 2.96. The Kier molecular flexibility index (Phi) is 4.39. The Morgan fingerprint density at radius 3 is 2.44 bits per heavy atom. The predicted octanol–water partition coefficient (Wildman–Crippen LogP) is 1.86. The Morgan fingerprint density at radius 2 is 1.88 bits per heavy atom. The largest absolute Gasteiger partial charge is 0.503 e. The summed E-state index contributed by atoms with van der Waals surface area (Å²) in [7, 11) is 4.33. The van der Waals surface area contributed by atoms with E-state index < -0.39 is 5.97 Å². The number of rotatable bonds is 4. The number of carbonyl (C=O) groups is 1. The summed E-state index contributed by atoms with van der Waals surface area (Å²) in [5.41, 5.74) is 0.959. The van der Waals surface area contributed by atoms with Gasteiger partial charge in [-0.3, -0.25) is 0 Å². The van der Waals surface area contributed by atoms with Gasteiger partial charge in [0.2, 0.25) is 0 Å². The van der Waals surface area contributed by atoms with Gasteiger partial charge in [0, 0.05) is 5.56 Å². The summed E-state index contributed by atoms with van der Waals surface area (Å²) in [5, 5.41) is 0. The zero-order valence-electron chi connectivity index (χ0n) is 9.52. The van der Waals surface area contributed by atoms with E-state index in [1.807, 2.05) is 12.1 Å². The van der Waals surface area contributed by atoms with E-state index in [2.05, 4.69) is 4.74 Å². The fourth-order valence-corrected chi connectivity index (χ4v) is 1.32. The van der Waals surface area contributed by atoms with Crippen molar-refractivity contribution in [2.24, 2.45) is 0 Å². The Labute approximate surface area is 94.4 Å². The highest BCUT2D eigenvalue weighted by molar-refractivity contribution is 6.16. The van der Waals surface area contributed by atoms with E-state index in [0.29, 0.717) is 16.9 Å². The molecule has 0 N–H and O–H groups in total. The van der Waals surface area contributed by atoms with Crippen LogP contribution in [0.1, 0.15) is 5.56 Å². The molecule has 0 heterocycles. The molecule has 4 nitrogen and oxygen atoms in total. The second kappa shape index (κ2) is 5.80. The average molecular weight is 222 g/mol. The zero-order valence-corrected chi connectivity index (χ0v) is 9.52. The normalized spacial score (nSPS) is 10.8. The number of ether oxygens (including phenoxy) is 3. The fourth-order valence-electron chi connectivity index (χ4n) is 1.32. The molecule has 86 valence electrons. The van der Waals surface area contributed by atoms with Crippen molar-refractivity contribution in [3.63, 3.8) is 0 Å². The van der Waals surface area contributed by atoms with E-state index >= 15 is 0 Å². The maximum Gasteiger partial charge on any atom is 0.341 e. The molecule has 0 amide bonds. The first-order valence-corrected chi connectivity index (χ1v) is 4.69. The van der Waals surface area contributed by atoms with E-state index in [1.165, 1.54) is 20.5 Å². The van der Waals surface area contributed by atoms with Gasteiger partial charge in [-0.2, -0.15) is 0 Å². The topological polar surface area (TPSA) is 44.8 Å².